The molecule has 0 radical (unpaired) electrons. The van der Waals surface area contributed by atoms with Gasteiger partial charge in [-0.05, 0) is 11.6 Å². The Morgan fingerprint density at radius 2 is 1.76 bits per heavy atom. The molecule has 0 saturated heterocycles. The first-order chi connectivity index (χ1) is 10.2. The van der Waals surface area contributed by atoms with Crippen molar-refractivity contribution in [1.29, 1.82) is 0 Å². The van der Waals surface area contributed by atoms with Gasteiger partial charge in [0.05, 0.1) is 10.7 Å². The van der Waals surface area contributed by atoms with E-state index in [2.05, 4.69) is 39.5 Å². The van der Waals surface area contributed by atoms with Crippen LogP contribution in [0.25, 0.3) is 11.3 Å². The topological polar surface area (TPSA) is 38.9 Å². The van der Waals surface area contributed by atoms with Crippen LogP contribution in [0.15, 0.2) is 64.5 Å². The third-order valence-electron chi connectivity index (χ3n) is 3.32. The molecule has 106 valence electrons. The zero-order chi connectivity index (χ0) is 14.7. The van der Waals surface area contributed by atoms with Gasteiger partial charge in [-0.2, -0.15) is 0 Å². The molecule has 2 N–H and O–H groups in total. The van der Waals surface area contributed by atoms with Crippen LogP contribution >= 0.6 is 27.3 Å². The Morgan fingerprint density at radius 3 is 2.52 bits per heavy atom. The maximum Gasteiger partial charge on any atom is 0.0951 e. The molecule has 1 aromatic heterocycles. The molecule has 2 aromatic carbocycles. The van der Waals surface area contributed by atoms with Crippen molar-refractivity contribution in [1.82, 2.24) is 4.98 Å². The monoisotopic (exact) mass is 358 g/mol. The van der Waals surface area contributed by atoms with Crippen molar-refractivity contribution in [2.75, 3.05) is 0 Å². The van der Waals surface area contributed by atoms with E-state index in [1.165, 1.54) is 0 Å². The van der Waals surface area contributed by atoms with E-state index in [0.717, 1.165) is 32.7 Å². The van der Waals surface area contributed by atoms with Gasteiger partial charge in [0.25, 0.3) is 0 Å². The minimum Gasteiger partial charge on any atom is -0.324 e. The highest BCUT2D eigenvalue weighted by Crippen LogP contribution is 2.27. The quantitative estimate of drug-likeness (QED) is 0.726. The number of nitrogens with two attached hydrogens (primary N) is 1. The SMILES string of the molecule is NC(Cc1nc(-c2ccccc2)cs1)c1ccccc1Br. The summed E-state index contributed by atoms with van der Waals surface area (Å²) in [7, 11) is 0. The Balaban J connectivity index is 1.77. The van der Waals surface area contributed by atoms with Crippen LogP contribution < -0.4 is 5.73 Å². The van der Waals surface area contributed by atoms with Crippen molar-refractivity contribution in [2.24, 2.45) is 5.73 Å². The van der Waals surface area contributed by atoms with Crippen molar-refractivity contribution in [2.45, 2.75) is 12.5 Å². The normalized spacial score (nSPS) is 12.3. The van der Waals surface area contributed by atoms with Crippen LogP contribution in [0, 0.1) is 0 Å². The summed E-state index contributed by atoms with van der Waals surface area (Å²) in [5.74, 6) is 0. The average Bonchev–Trinajstić information content (AvgIpc) is 2.97. The lowest BCUT2D eigenvalue weighted by molar-refractivity contribution is 0.715. The van der Waals surface area contributed by atoms with Gasteiger partial charge in [0.15, 0.2) is 0 Å². The van der Waals surface area contributed by atoms with Gasteiger partial charge in [0, 0.05) is 27.9 Å². The van der Waals surface area contributed by atoms with Crippen LogP contribution in [0.5, 0.6) is 0 Å². The van der Waals surface area contributed by atoms with E-state index in [1.54, 1.807) is 11.3 Å². The molecule has 0 saturated carbocycles. The van der Waals surface area contributed by atoms with Crippen LogP contribution in [0.3, 0.4) is 0 Å². The summed E-state index contributed by atoms with van der Waals surface area (Å²) >= 11 is 5.22. The highest BCUT2D eigenvalue weighted by molar-refractivity contribution is 9.10. The molecule has 0 amide bonds. The molecular weight excluding hydrogens is 344 g/mol. The van der Waals surface area contributed by atoms with Crippen LogP contribution in [0.2, 0.25) is 0 Å². The zero-order valence-electron chi connectivity index (χ0n) is 11.4. The van der Waals surface area contributed by atoms with Gasteiger partial charge >= 0.3 is 0 Å². The van der Waals surface area contributed by atoms with E-state index in [4.69, 9.17) is 10.7 Å². The lowest BCUT2D eigenvalue weighted by Crippen LogP contribution is -2.13. The van der Waals surface area contributed by atoms with Gasteiger partial charge < -0.3 is 5.73 Å². The molecule has 0 bridgehead atoms. The van der Waals surface area contributed by atoms with Crippen molar-refractivity contribution in [3.05, 3.63) is 75.0 Å². The van der Waals surface area contributed by atoms with E-state index in [1.807, 2.05) is 36.4 Å². The first-order valence-electron chi connectivity index (χ1n) is 6.74. The molecule has 2 nitrogen and oxygen atoms in total. The van der Waals surface area contributed by atoms with Crippen molar-refractivity contribution < 1.29 is 0 Å². The van der Waals surface area contributed by atoms with E-state index < -0.39 is 0 Å². The molecule has 0 fully saturated rings. The van der Waals surface area contributed by atoms with Crippen molar-refractivity contribution >= 4 is 27.3 Å². The average molecular weight is 359 g/mol. The number of hydrogen-bond acceptors (Lipinski definition) is 3. The maximum absolute atomic E-state index is 6.31. The minimum atomic E-state index is -0.0460. The number of thiazole rings is 1. The number of aromatic nitrogens is 1. The molecule has 1 heterocycles. The molecule has 0 aliphatic carbocycles. The predicted octanol–water partition coefficient (Wildman–Crippen LogP) is 4.82. The van der Waals surface area contributed by atoms with Gasteiger partial charge in [-0.15, -0.1) is 11.3 Å². The molecule has 0 aliphatic rings. The Hall–Kier alpha value is -1.49. The van der Waals surface area contributed by atoms with E-state index in [-0.39, 0.29) is 6.04 Å². The van der Waals surface area contributed by atoms with Crippen molar-refractivity contribution in [3.63, 3.8) is 0 Å². The molecule has 3 aromatic rings. The predicted molar refractivity (Wildman–Crippen MR) is 92.3 cm³/mol. The van der Waals surface area contributed by atoms with Crippen LogP contribution in [-0.2, 0) is 6.42 Å². The highest BCUT2D eigenvalue weighted by Gasteiger charge is 2.13. The van der Waals surface area contributed by atoms with E-state index in [0.29, 0.717) is 0 Å². The first kappa shape index (κ1) is 14.4. The van der Waals surface area contributed by atoms with Gasteiger partial charge in [0.1, 0.15) is 0 Å². The maximum atomic E-state index is 6.31. The Morgan fingerprint density at radius 1 is 1.05 bits per heavy atom. The fraction of sp³-hybridized carbons (Fsp3) is 0.118. The largest absolute Gasteiger partial charge is 0.324 e. The second-order valence-electron chi connectivity index (χ2n) is 4.82. The molecule has 1 atom stereocenters. The van der Waals surface area contributed by atoms with Gasteiger partial charge in [-0.1, -0.05) is 64.5 Å². The second-order valence-corrected chi connectivity index (χ2v) is 6.62. The fourth-order valence-corrected chi connectivity index (χ4v) is 3.66. The summed E-state index contributed by atoms with van der Waals surface area (Å²) < 4.78 is 1.05. The summed E-state index contributed by atoms with van der Waals surface area (Å²) in [4.78, 5) is 4.70. The minimum absolute atomic E-state index is 0.0460. The second kappa shape index (κ2) is 6.52. The van der Waals surface area contributed by atoms with E-state index in [9.17, 15) is 0 Å². The zero-order valence-corrected chi connectivity index (χ0v) is 13.8. The Kier molecular flexibility index (Phi) is 4.48. The number of rotatable bonds is 4. The molecule has 21 heavy (non-hydrogen) atoms. The van der Waals surface area contributed by atoms with Crippen LogP contribution in [0.1, 0.15) is 16.6 Å². The first-order valence-corrected chi connectivity index (χ1v) is 8.41. The van der Waals surface area contributed by atoms with Crippen LogP contribution in [0.4, 0.5) is 0 Å². The van der Waals surface area contributed by atoms with Gasteiger partial charge in [0.2, 0.25) is 0 Å². The lowest BCUT2D eigenvalue weighted by atomic mass is 10.1. The molecule has 4 heteroatoms. The summed E-state index contributed by atoms with van der Waals surface area (Å²) in [5, 5.41) is 3.16. The third-order valence-corrected chi connectivity index (χ3v) is 4.91. The van der Waals surface area contributed by atoms with Gasteiger partial charge in [-0.25, -0.2) is 4.98 Å². The number of hydrogen-bond donors (Lipinski definition) is 1. The summed E-state index contributed by atoms with van der Waals surface area (Å²) in [6.07, 6.45) is 0.750. The van der Waals surface area contributed by atoms with Crippen molar-refractivity contribution in [3.8, 4) is 11.3 Å². The molecule has 0 aliphatic heterocycles. The molecule has 0 spiro atoms. The number of halogens is 1. The number of benzene rings is 2. The fourth-order valence-electron chi connectivity index (χ4n) is 2.22. The summed E-state index contributed by atoms with van der Waals surface area (Å²) in [5.41, 5.74) is 9.60. The van der Waals surface area contributed by atoms with E-state index >= 15 is 0 Å². The number of nitrogens with zero attached hydrogens (tertiary/aromatic N) is 1. The molecule has 3 rings (SSSR count). The van der Waals surface area contributed by atoms with Gasteiger partial charge in [-0.3, -0.25) is 0 Å². The third kappa shape index (κ3) is 3.40. The lowest BCUT2D eigenvalue weighted by Gasteiger charge is -2.12. The highest BCUT2D eigenvalue weighted by atomic mass is 79.9. The smallest absolute Gasteiger partial charge is 0.0951 e. The summed E-state index contributed by atoms with van der Waals surface area (Å²) in [6, 6.07) is 18.3. The summed E-state index contributed by atoms with van der Waals surface area (Å²) in [6.45, 7) is 0. The standard InChI is InChI=1S/C17H15BrN2S/c18-14-9-5-4-8-13(14)15(19)10-17-20-16(11-21-17)12-6-2-1-3-7-12/h1-9,11,15H,10,19H2. The van der Waals surface area contributed by atoms with Crippen LogP contribution in [-0.4, -0.2) is 4.98 Å². The Labute approximate surface area is 136 Å². The molecule has 1 unspecified atom stereocenters. The molecular formula is C17H15BrN2S. The Bertz CT molecular complexity index is 724.